The van der Waals surface area contributed by atoms with Crippen molar-refractivity contribution in [1.82, 2.24) is 0 Å². The zero-order chi connectivity index (χ0) is 26.9. The molecule has 1 heterocycles. The highest BCUT2D eigenvalue weighted by Gasteiger charge is 2.33. The van der Waals surface area contributed by atoms with Gasteiger partial charge in [-0.1, -0.05) is 42.4 Å². The molecule has 1 aliphatic rings. The van der Waals surface area contributed by atoms with Gasteiger partial charge < -0.3 is 19.3 Å². The summed E-state index contributed by atoms with van der Waals surface area (Å²) in [5.74, 6) is -0.231. The number of aliphatic hydroxyl groups excluding tert-OH is 1. The number of nitrogens with zero attached hydrogens (tertiary/aromatic N) is 1. The Morgan fingerprint density at radius 2 is 1.84 bits per heavy atom. The van der Waals surface area contributed by atoms with Crippen LogP contribution in [0.3, 0.4) is 0 Å². The lowest BCUT2D eigenvalue weighted by Gasteiger charge is -2.15. The number of carbonyl (C=O) groups excluding carboxylic acids is 2. The molecule has 0 unspecified atom stereocenters. The summed E-state index contributed by atoms with van der Waals surface area (Å²) in [6.07, 6.45) is 2.57. The largest absolute Gasteiger partial charge is 0.506 e. The van der Waals surface area contributed by atoms with E-state index in [0.717, 1.165) is 20.9 Å². The molecule has 0 saturated carbocycles. The van der Waals surface area contributed by atoms with Crippen LogP contribution in [0.15, 0.2) is 57.6 Å². The molecule has 1 aliphatic heterocycles. The number of aliphatic imine (C=N–C) groups is 1. The molecule has 0 fully saturated rings. The van der Waals surface area contributed by atoms with Crippen molar-refractivity contribution in [3.63, 3.8) is 0 Å². The van der Waals surface area contributed by atoms with Gasteiger partial charge in [0.25, 0.3) is 0 Å². The highest BCUT2D eigenvalue weighted by atomic mass is 127. The Balaban J connectivity index is 1.95. The summed E-state index contributed by atoms with van der Waals surface area (Å²) in [5, 5.41) is 11.7. The van der Waals surface area contributed by atoms with Crippen LogP contribution in [0, 0.1) is 3.57 Å². The number of aliphatic hydroxyl groups is 1. The molecule has 0 aromatic heterocycles. The van der Waals surface area contributed by atoms with Gasteiger partial charge in [-0.05, 0) is 84.3 Å². The first-order chi connectivity index (χ1) is 17.8. The number of amides is 1. The molecule has 2 aromatic rings. The molecule has 0 aliphatic carbocycles. The summed E-state index contributed by atoms with van der Waals surface area (Å²) in [5.41, 5.74) is 1.57. The van der Waals surface area contributed by atoms with Crippen molar-refractivity contribution in [2.75, 3.05) is 13.2 Å². The average molecular weight is 656 g/mol. The molecule has 2 aromatic carbocycles. The van der Waals surface area contributed by atoms with Crippen LogP contribution in [0.25, 0.3) is 6.08 Å². The van der Waals surface area contributed by atoms with Gasteiger partial charge >= 0.3 is 5.97 Å². The molecule has 3 rings (SSSR count). The SMILES string of the molecule is CCCC(=O)N=C1S/C(=C\c2cc(I)c(OCc3ccc(Cl)cc3)c(OCC)c2)C(O)=C1C(=O)OCC. The van der Waals surface area contributed by atoms with E-state index in [2.05, 4.69) is 27.6 Å². The molecule has 7 nitrogen and oxygen atoms in total. The van der Waals surface area contributed by atoms with Gasteiger partial charge in [-0.25, -0.2) is 9.79 Å². The van der Waals surface area contributed by atoms with Gasteiger partial charge in [0.05, 0.1) is 21.7 Å². The molecule has 0 spiro atoms. The number of esters is 1. The van der Waals surface area contributed by atoms with E-state index < -0.39 is 5.97 Å². The third-order valence-electron chi connectivity index (χ3n) is 4.99. The summed E-state index contributed by atoms with van der Waals surface area (Å²) in [4.78, 5) is 29.1. The normalized spacial score (nSPS) is 15.4. The van der Waals surface area contributed by atoms with Crippen molar-refractivity contribution < 1.29 is 28.9 Å². The smallest absolute Gasteiger partial charge is 0.344 e. The lowest BCUT2D eigenvalue weighted by atomic mass is 10.1. The third kappa shape index (κ3) is 7.75. The van der Waals surface area contributed by atoms with E-state index in [1.165, 1.54) is 0 Å². The van der Waals surface area contributed by atoms with Crippen molar-refractivity contribution in [2.45, 2.75) is 40.2 Å². The van der Waals surface area contributed by atoms with E-state index in [9.17, 15) is 14.7 Å². The zero-order valence-corrected chi connectivity index (χ0v) is 24.4. The van der Waals surface area contributed by atoms with Crippen LogP contribution in [0.2, 0.25) is 5.02 Å². The fourth-order valence-corrected chi connectivity index (χ4v) is 5.28. The van der Waals surface area contributed by atoms with E-state index in [1.807, 2.05) is 32.0 Å². The second-order valence-corrected chi connectivity index (χ2v) is 10.4. The molecule has 37 heavy (non-hydrogen) atoms. The topological polar surface area (TPSA) is 94.4 Å². The molecule has 0 saturated heterocycles. The van der Waals surface area contributed by atoms with Crippen LogP contribution in [-0.2, 0) is 20.9 Å². The zero-order valence-electron chi connectivity index (χ0n) is 20.7. The first kappa shape index (κ1) is 29.1. The molecule has 0 bridgehead atoms. The monoisotopic (exact) mass is 655 g/mol. The highest BCUT2D eigenvalue weighted by Crippen LogP contribution is 2.41. The Morgan fingerprint density at radius 1 is 1.11 bits per heavy atom. The number of halogens is 2. The van der Waals surface area contributed by atoms with Gasteiger partial charge in [-0.15, -0.1) is 0 Å². The van der Waals surface area contributed by atoms with E-state index in [1.54, 1.807) is 31.2 Å². The van der Waals surface area contributed by atoms with Crippen LogP contribution >= 0.6 is 46.0 Å². The summed E-state index contributed by atoms with van der Waals surface area (Å²) in [7, 11) is 0. The summed E-state index contributed by atoms with van der Waals surface area (Å²) < 4.78 is 17.8. The van der Waals surface area contributed by atoms with Crippen LogP contribution in [0.1, 0.15) is 44.7 Å². The fourth-order valence-electron chi connectivity index (χ4n) is 3.34. The summed E-state index contributed by atoms with van der Waals surface area (Å²) in [6.45, 7) is 6.30. The van der Waals surface area contributed by atoms with Gasteiger partial charge in [-0.2, -0.15) is 0 Å². The Hall–Kier alpha value is -2.50. The molecule has 1 amide bonds. The van der Waals surface area contributed by atoms with Gasteiger partial charge in [0.1, 0.15) is 23.0 Å². The molecule has 1 N–H and O–H groups in total. The van der Waals surface area contributed by atoms with Gasteiger partial charge in [0.15, 0.2) is 11.5 Å². The number of rotatable bonds is 10. The number of hydrogen-bond acceptors (Lipinski definition) is 7. The molecular formula is C27H27ClINO6S. The quantitative estimate of drug-likeness (QED) is 0.215. The maximum Gasteiger partial charge on any atom is 0.344 e. The van der Waals surface area contributed by atoms with Crippen molar-refractivity contribution in [1.29, 1.82) is 0 Å². The number of benzene rings is 2. The Kier molecular flexibility index (Phi) is 10.9. The van der Waals surface area contributed by atoms with E-state index in [-0.39, 0.29) is 35.3 Å². The van der Waals surface area contributed by atoms with Crippen LogP contribution < -0.4 is 9.47 Å². The van der Waals surface area contributed by atoms with Crippen molar-refractivity contribution >= 4 is 68.9 Å². The first-order valence-electron chi connectivity index (χ1n) is 11.7. The average Bonchev–Trinajstić information content (AvgIpc) is 3.14. The standard InChI is InChI=1S/C27H27ClINO6S/c1-4-7-22(31)30-26-23(27(33)35-6-3)24(32)21(37-26)14-17-12-19(29)25(20(13-17)34-5-2)36-15-16-8-10-18(28)11-9-16/h8-14,32H,4-7,15H2,1-3H3/b21-14-,30-26?. The Morgan fingerprint density at radius 3 is 2.49 bits per heavy atom. The van der Waals surface area contributed by atoms with Gasteiger partial charge in [-0.3, -0.25) is 4.79 Å². The third-order valence-corrected chi connectivity index (χ3v) is 7.06. The minimum absolute atomic E-state index is 0.106. The van der Waals surface area contributed by atoms with Crippen LogP contribution in [0.5, 0.6) is 11.5 Å². The fraction of sp³-hybridized carbons (Fsp3) is 0.296. The van der Waals surface area contributed by atoms with Crippen molar-refractivity contribution in [2.24, 2.45) is 4.99 Å². The molecule has 10 heteroatoms. The van der Waals surface area contributed by atoms with E-state index in [0.29, 0.717) is 46.6 Å². The summed E-state index contributed by atoms with van der Waals surface area (Å²) >= 11 is 9.18. The first-order valence-corrected chi connectivity index (χ1v) is 14.0. The predicted molar refractivity (Wildman–Crippen MR) is 155 cm³/mol. The maximum absolute atomic E-state index is 12.5. The molecule has 0 atom stereocenters. The maximum atomic E-state index is 12.5. The molecular weight excluding hydrogens is 629 g/mol. The van der Waals surface area contributed by atoms with Gasteiger partial charge in [0, 0.05) is 11.4 Å². The number of carbonyl (C=O) groups is 2. The second-order valence-electron chi connectivity index (χ2n) is 7.79. The minimum Gasteiger partial charge on any atom is -0.506 e. The Bertz CT molecular complexity index is 1260. The minimum atomic E-state index is -0.727. The lowest BCUT2D eigenvalue weighted by Crippen LogP contribution is -2.14. The molecule has 0 radical (unpaired) electrons. The molecule has 196 valence electrons. The number of hydrogen-bond donors (Lipinski definition) is 1. The summed E-state index contributed by atoms with van der Waals surface area (Å²) in [6, 6.07) is 11.1. The second kappa shape index (κ2) is 13.9. The van der Waals surface area contributed by atoms with Crippen LogP contribution in [0.4, 0.5) is 0 Å². The predicted octanol–water partition coefficient (Wildman–Crippen LogP) is 7.11. The van der Waals surface area contributed by atoms with Crippen molar-refractivity contribution in [3.8, 4) is 11.5 Å². The number of ether oxygens (including phenoxy) is 3. The van der Waals surface area contributed by atoms with Crippen molar-refractivity contribution in [3.05, 3.63) is 72.4 Å². The highest BCUT2D eigenvalue weighted by molar-refractivity contribution is 14.1. The Labute approximate surface area is 239 Å². The van der Waals surface area contributed by atoms with E-state index >= 15 is 0 Å². The van der Waals surface area contributed by atoms with Crippen LogP contribution in [-0.4, -0.2) is 35.2 Å². The van der Waals surface area contributed by atoms with Gasteiger partial charge in [0.2, 0.25) is 5.91 Å². The lowest BCUT2D eigenvalue weighted by molar-refractivity contribution is -0.138. The number of thioether (sulfide) groups is 1. The van der Waals surface area contributed by atoms with E-state index in [4.69, 9.17) is 25.8 Å².